The fraction of sp³-hybridized carbons (Fsp3) is 0.0714. The minimum Gasteiger partial charge on any atom is -0.508 e. The smallest absolute Gasteiger partial charge is 0.508 e. The Kier molecular flexibility index (Phi) is 3.65. The third kappa shape index (κ3) is 3.50. The highest BCUT2D eigenvalue weighted by molar-refractivity contribution is 5.80. The summed E-state index contributed by atoms with van der Waals surface area (Å²) < 4.78 is 40.5. The number of carbonyl (C=O) groups is 1. The van der Waals surface area contributed by atoms with Crippen molar-refractivity contribution in [2.75, 3.05) is 0 Å². The van der Waals surface area contributed by atoms with E-state index in [2.05, 4.69) is 4.74 Å². The van der Waals surface area contributed by atoms with Crippen LogP contribution in [0.5, 0.6) is 11.5 Å². The molecule has 20 heavy (non-hydrogen) atoms. The van der Waals surface area contributed by atoms with E-state index in [9.17, 15) is 23.1 Å². The summed E-state index contributed by atoms with van der Waals surface area (Å²) in [6, 6.07) is 9.50. The summed E-state index contributed by atoms with van der Waals surface area (Å²) in [5, 5.41) is 9.38. The summed E-state index contributed by atoms with van der Waals surface area (Å²) in [5.74, 6) is -0.516. The number of carbonyl (C=O) groups excluding carboxylic acids is 1. The van der Waals surface area contributed by atoms with Gasteiger partial charge >= 0.3 is 6.36 Å². The number of benzene rings is 2. The number of aromatic hydroxyl groups is 1. The van der Waals surface area contributed by atoms with Crippen LogP contribution < -0.4 is 4.74 Å². The zero-order chi connectivity index (χ0) is 14.8. The number of hydrogen-bond donors (Lipinski definition) is 1. The molecule has 0 aromatic heterocycles. The summed E-state index contributed by atoms with van der Waals surface area (Å²) in [6.45, 7) is 0. The Bertz CT molecular complexity index is 636. The average Bonchev–Trinajstić information content (AvgIpc) is 2.36. The quantitative estimate of drug-likeness (QED) is 0.872. The molecule has 0 bridgehead atoms. The Hall–Kier alpha value is -2.50. The molecule has 3 nitrogen and oxygen atoms in total. The van der Waals surface area contributed by atoms with Crippen molar-refractivity contribution in [2.45, 2.75) is 6.36 Å². The molecule has 0 saturated carbocycles. The largest absolute Gasteiger partial charge is 0.573 e. The molecule has 0 heterocycles. The molecule has 0 radical (unpaired) electrons. The maximum Gasteiger partial charge on any atom is 0.573 e. The van der Waals surface area contributed by atoms with Gasteiger partial charge in [0.05, 0.1) is 0 Å². The number of phenols is 1. The first-order valence-electron chi connectivity index (χ1n) is 5.53. The Morgan fingerprint density at radius 2 is 1.80 bits per heavy atom. The second kappa shape index (κ2) is 5.24. The molecular weight excluding hydrogens is 273 g/mol. The van der Waals surface area contributed by atoms with E-state index in [1.54, 1.807) is 12.1 Å². The molecule has 0 atom stereocenters. The maximum absolute atomic E-state index is 12.2. The average molecular weight is 282 g/mol. The minimum atomic E-state index is -4.84. The summed E-state index contributed by atoms with van der Waals surface area (Å²) in [5.41, 5.74) is 0.857. The van der Waals surface area contributed by atoms with Gasteiger partial charge < -0.3 is 9.84 Å². The Morgan fingerprint density at radius 1 is 1.05 bits per heavy atom. The number of rotatable bonds is 3. The molecule has 2 rings (SSSR count). The van der Waals surface area contributed by atoms with Gasteiger partial charge in [-0.3, -0.25) is 4.79 Å². The summed E-state index contributed by atoms with van der Waals surface area (Å²) in [6.07, 6.45) is -4.41. The third-order valence-corrected chi connectivity index (χ3v) is 2.48. The van der Waals surface area contributed by atoms with Crippen molar-refractivity contribution < 1.29 is 27.8 Å². The number of halogens is 3. The number of hydrogen-bond acceptors (Lipinski definition) is 3. The Balaban J connectivity index is 2.48. The highest BCUT2D eigenvalue weighted by Crippen LogP contribution is 2.30. The van der Waals surface area contributed by atoms with Crippen LogP contribution in [-0.4, -0.2) is 17.8 Å². The SMILES string of the molecule is O=Cc1cc(OC(F)(F)F)cc(-c2cccc(O)c2)c1. The zero-order valence-corrected chi connectivity index (χ0v) is 10.0. The molecule has 0 saturated heterocycles. The summed E-state index contributed by atoms with van der Waals surface area (Å²) in [4.78, 5) is 10.8. The second-order valence-corrected chi connectivity index (χ2v) is 4.01. The number of phenolic OH excluding ortho intramolecular Hbond substituents is 1. The molecule has 6 heteroatoms. The monoisotopic (exact) mass is 282 g/mol. The lowest BCUT2D eigenvalue weighted by atomic mass is 10.0. The molecule has 0 aliphatic heterocycles. The van der Waals surface area contributed by atoms with Gasteiger partial charge in [0.25, 0.3) is 0 Å². The van der Waals surface area contributed by atoms with Crippen LogP contribution in [0.1, 0.15) is 10.4 Å². The molecule has 2 aromatic rings. The molecule has 0 fully saturated rings. The van der Waals surface area contributed by atoms with E-state index in [1.807, 2.05) is 0 Å². The van der Waals surface area contributed by atoms with E-state index in [0.717, 1.165) is 12.1 Å². The molecule has 0 spiro atoms. The zero-order valence-electron chi connectivity index (χ0n) is 10.0. The molecule has 0 amide bonds. The van der Waals surface area contributed by atoms with Gasteiger partial charge in [0.2, 0.25) is 0 Å². The van der Waals surface area contributed by atoms with Gasteiger partial charge in [-0.15, -0.1) is 13.2 Å². The van der Waals surface area contributed by atoms with Gasteiger partial charge in [-0.1, -0.05) is 12.1 Å². The predicted octanol–water partition coefficient (Wildman–Crippen LogP) is 3.77. The first kappa shape index (κ1) is 13.9. The topological polar surface area (TPSA) is 46.5 Å². The standard InChI is InChI=1S/C14H9F3O3/c15-14(16,17)20-13-5-9(8-18)4-11(7-13)10-2-1-3-12(19)6-10/h1-8,19H. The van der Waals surface area contributed by atoms with Gasteiger partial charge in [-0.25, -0.2) is 0 Å². The van der Waals surface area contributed by atoms with Crippen molar-refractivity contribution in [3.63, 3.8) is 0 Å². The predicted molar refractivity (Wildman–Crippen MR) is 65.6 cm³/mol. The van der Waals surface area contributed by atoms with E-state index in [0.29, 0.717) is 17.4 Å². The van der Waals surface area contributed by atoms with E-state index < -0.39 is 12.1 Å². The lowest BCUT2D eigenvalue weighted by molar-refractivity contribution is -0.274. The van der Waals surface area contributed by atoms with Crippen LogP contribution in [0.3, 0.4) is 0 Å². The molecule has 2 aromatic carbocycles. The van der Waals surface area contributed by atoms with Gasteiger partial charge in [0.15, 0.2) is 0 Å². The van der Waals surface area contributed by atoms with Crippen molar-refractivity contribution in [2.24, 2.45) is 0 Å². The van der Waals surface area contributed by atoms with E-state index >= 15 is 0 Å². The van der Waals surface area contributed by atoms with E-state index in [-0.39, 0.29) is 11.3 Å². The number of aldehydes is 1. The van der Waals surface area contributed by atoms with Crippen molar-refractivity contribution in [1.82, 2.24) is 0 Å². The van der Waals surface area contributed by atoms with Gasteiger partial charge in [-0.2, -0.15) is 0 Å². The van der Waals surface area contributed by atoms with Crippen molar-refractivity contribution in [1.29, 1.82) is 0 Å². The molecule has 1 N–H and O–H groups in total. The molecule has 0 unspecified atom stereocenters. The molecule has 0 aliphatic carbocycles. The summed E-state index contributed by atoms with van der Waals surface area (Å²) >= 11 is 0. The third-order valence-electron chi connectivity index (χ3n) is 2.48. The van der Waals surface area contributed by atoms with E-state index in [1.165, 1.54) is 18.2 Å². The van der Waals surface area contributed by atoms with Crippen LogP contribution in [0, 0.1) is 0 Å². The fourth-order valence-corrected chi connectivity index (χ4v) is 1.73. The number of ether oxygens (including phenoxy) is 1. The highest BCUT2D eigenvalue weighted by Gasteiger charge is 2.31. The van der Waals surface area contributed by atoms with Crippen LogP contribution in [0.4, 0.5) is 13.2 Å². The second-order valence-electron chi connectivity index (χ2n) is 4.01. The van der Waals surface area contributed by atoms with Crippen LogP contribution in [0.15, 0.2) is 42.5 Å². The lowest BCUT2D eigenvalue weighted by Crippen LogP contribution is -2.17. The van der Waals surface area contributed by atoms with Crippen molar-refractivity contribution in [3.8, 4) is 22.6 Å². The molecule has 0 aliphatic rings. The number of alkyl halides is 3. The van der Waals surface area contributed by atoms with Crippen molar-refractivity contribution in [3.05, 3.63) is 48.0 Å². The Labute approximate surface area is 112 Å². The fourth-order valence-electron chi connectivity index (χ4n) is 1.73. The van der Waals surface area contributed by atoms with Crippen LogP contribution in [-0.2, 0) is 0 Å². The normalized spacial score (nSPS) is 11.2. The van der Waals surface area contributed by atoms with Crippen LogP contribution in [0.2, 0.25) is 0 Å². The minimum absolute atomic E-state index is 0.0303. The highest BCUT2D eigenvalue weighted by atomic mass is 19.4. The first-order chi connectivity index (χ1) is 9.37. The van der Waals surface area contributed by atoms with Crippen molar-refractivity contribution >= 4 is 6.29 Å². The molecule has 104 valence electrons. The van der Waals surface area contributed by atoms with E-state index in [4.69, 9.17) is 0 Å². The van der Waals surface area contributed by atoms with Gasteiger partial charge in [0.1, 0.15) is 17.8 Å². The first-order valence-corrected chi connectivity index (χ1v) is 5.53. The summed E-state index contributed by atoms with van der Waals surface area (Å²) in [7, 11) is 0. The van der Waals surface area contributed by atoms with Crippen LogP contribution in [0.25, 0.3) is 11.1 Å². The maximum atomic E-state index is 12.2. The lowest BCUT2D eigenvalue weighted by Gasteiger charge is -2.11. The molecular formula is C14H9F3O3. The van der Waals surface area contributed by atoms with Crippen LogP contribution >= 0.6 is 0 Å². The van der Waals surface area contributed by atoms with Gasteiger partial charge in [-0.05, 0) is 41.5 Å². The Morgan fingerprint density at radius 3 is 2.40 bits per heavy atom. The van der Waals surface area contributed by atoms with Gasteiger partial charge in [0, 0.05) is 5.56 Å².